The van der Waals surface area contributed by atoms with Crippen LogP contribution in [0.1, 0.15) is 90.9 Å². The van der Waals surface area contributed by atoms with Gasteiger partial charge in [-0.25, -0.2) is 13.6 Å². The summed E-state index contributed by atoms with van der Waals surface area (Å²) >= 11 is 0. The molecule has 0 aromatic heterocycles. The third-order valence-corrected chi connectivity index (χ3v) is 6.82. The number of ether oxygens (including phenoxy) is 1. The summed E-state index contributed by atoms with van der Waals surface area (Å²) in [5, 5.41) is 9.77. The van der Waals surface area contributed by atoms with Crippen LogP contribution in [0.25, 0.3) is 0 Å². The molecule has 0 bridgehead atoms. The van der Waals surface area contributed by atoms with E-state index < -0.39 is 35.2 Å². The molecule has 2 aliphatic carbocycles. The lowest BCUT2D eigenvalue weighted by Crippen LogP contribution is -2.27. The average Bonchev–Trinajstić information content (AvgIpc) is 3.01. The van der Waals surface area contributed by atoms with Crippen molar-refractivity contribution in [1.29, 1.82) is 0 Å². The van der Waals surface area contributed by atoms with Gasteiger partial charge in [0, 0.05) is 18.3 Å². The molecule has 0 aliphatic heterocycles. The molecule has 0 saturated heterocycles. The Morgan fingerprint density at radius 1 is 1.17 bits per heavy atom. The summed E-state index contributed by atoms with van der Waals surface area (Å²) in [6.07, 6.45) is 10.7. The van der Waals surface area contributed by atoms with Crippen LogP contribution in [0.5, 0.6) is 0 Å². The van der Waals surface area contributed by atoms with E-state index >= 15 is 0 Å². The Morgan fingerprint density at radius 2 is 1.87 bits per heavy atom. The van der Waals surface area contributed by atoms with Crippen LogP contribution < -0.4 is 0 Å². The van der Waals surface area contributed by atoms with Crippen LogP contribution in [0.15, 0.2) is 12.2 Å². The predicted octanol–water partition coefficient (Wildman–Crippen LogP) is 5.62. The monoisotopic (exact) mass is 428 g/mol. The summed E-state index contributed by atoms with van der Waals surface area (Å²) in [6.45, 7) is 4.31. The molecule has 0 radical (unpaired) electrons. The molecule has 6 heteroatoms. The average molecular weight is 429 g/mol. The number of esters is 1. The molecule has 0 heterocycles. The van der Waals surface area contributed by atoms with Gasteiger partial charge in [0.2, 0.25) is 0 Å². The van der Waals surface area contributed by atoms with Crippen LogP contribution in [0.2, 0.25) is 0 Å². The van der Waals surface area contributed by atoms with Crippen LogP contribution in [0.4, 0.5) is 8.78 Å². The number of alkyl halides is 2. The summed E-state index contributed by atoms with van der Waals surface area (Å²) in [5.41, 5.74) is -1.14. The number of allylic oxidation sites excluding steroid dienone is 2. The van der Waals surface area contributed by atoms with E-state index in [1.807, 2.05) is 6.92 Å². The van der Waals surface area contributed by atoms with Crippen LogP contribution in [0.3, 0.4) is 0 Å². The summed E-state index contributed by atoms with van der Waals surface area (Å²) in [7, 11) is 0. The number of fused-ring (bicyclic) bond motifs is 1. The standard InChI is InChI=1S/C24H38F2O4/c1-3-5-6-7-8-12-15-23-18(20(28)17-21(23)24(23,25)26)13-10-9-11-14-19(27)22(29)30-16-4-2/h9-10,18-19,21,27H,3-8,11-17H2,1-2H3/t18-,19?,21-,23+/m0/s1. The fourth-order valence-corrected chi connectivity index (χ4v) is 5.05. The Morgan fingerprint density at radius 3 is 2.57 bits per heavy atom. The van der Waals surface area contributed by atoms with Crippen molar-refractivity contribution in [3.05, 3.63) is 12.2 Å². The van der Waals surface area contributed by atoms with Crippen molar-refractivity contribution >= 4 is 11.8 Å². The van der Waals surface area contributed by atoms with Gasteiger partial charge in [-0.2, -0.15) is 0 Å². The Labute approximate surface area is 179 Å². The first kappa shape index (κ1) is 25.0. The number of hydrogen-bond donors (Lipinski definition) is 1. The van der Waals surface area contributed by atoms with Gasteiger partial charge in [0.1, 0.15) is 5.78 Å². The van der Waals surface area contributed by atoms with E-state index in [2.05, 4.69) is 6.92 Å². The fraction of sp³-hybridized carbons (Fsp3) is 0.833. The topological polar surface area (TPSA) is 63.6 Å². The van der Waals surface area contributed by atoms with Crippen molar-refractivity contribution in [2.75, 3.05) is 6.61 Å². The molecule has 2 aliphatic rings. The molecule has 2 fully saturated rings. The second kappa shape index (κ2) is 11.4. The molecule has 0 aromatic carbocycles. The minimum atomic E-state index is -2.72. The van der Waals surface area contributed by atoms with Crippen molar-refractivity contribution in [2.45, 2.75) is 103 Å². The summed E-state index contributed by atoms with van der Waals surface area (Å²) in [5.74, 6) is -4.77. The Balaban J connectivity index is 1.80. The van der Waals surface area contributed by atoms with Crippen molar-refractivity contribution < 1.29 is 28.2 Å². The SMILES string of the molecule is CCCCCCCC[C@]12[C@H](CC(=O)[C@@H]1CC=CCCC(O)C(=O)OCCC)C2(F)F. The quantitative estimate of drug-likeness (QED) is 0.209. The minimum absolute atomic E-state index is 0.00330. The molecular weight excluding hydrogens is 390 g/mol. The molecule has 2 rings (SSSR count). The number of carbonyl (C=O) groups is 2. The smallest absolute Gasteiger partial charge is 0.334 e. The van der Waals surface area contributed by atoms with Gasteiger partial charge in [-0.05, 0) is 32.1 Å². The number of carbonyl (C=O) groups excluding carboxylic acids is 2. The van der Waals surface area contributed by atoms with Crippen LogP contribution in [-0.2, 0) is 14.3 Å². The Bertz CT molecular complexity index is 604. The second-order valence-corrected chi connectivity index (χ2v) is 8.92. The van der Waals surface area contributed by atoms with E-state index in [1.165, 1.54) is 6.42 Å². The third-order valence-electron chi connectivity index (χ3n) is 6.82. The zero-order valence-corrected chi connectivity index (χ0v) is 18.5. The van der Waals surface area contributed by atoms with E-state index in [1.54, 1.807) is 12.2 Å². The number of aliphatic hydroxyl groups is 1. The van der Waals surface area contributed by atoms with E-state index in [0.717, 1.165) is 32.1 Å². The lowest BCUT2D eigenvalue weighted by Gasteiger charge is -2.23. The highest BCUT2D eigenvalue weighted by Gasteiger charge is 2.85. The van der Waals surface area contributed by atoms with Crippen molar-refractivity contribution in [1.82, 2.24) is 0 Å². The van der Waals surface area contributed by atoms with Gasteiger partial charge in [0.15, 0.2) is 6.10 Å². The lowest BCUT2D eigenvalue weighted by molar-refractivity contribution is -0.153. The molecule has 4 atom stereocenters. The summed E-state index contributed by atoms with van der Waals surface area (Å²) < 4.78 is 34.0. The maximum atomic E-state index is 14.6. The molecule has 30 heavy (non-hydrogen) atoms. The largest absolute Gasteiger partial charge is 0.464 e. The number of rotatable bonds is 15. The number of Topliss-reactive ketones (excluding diaryl/α,β-unsaturated/α-hetero) is 1. The maximum absolute atomic E-state index is 14.6. The first-order chi connectivity index (χ1) is 14.3. The maximum Gasteiger partial charge on any atom is 0.334 e. The van der Waals surface area contributed by atoms with Crippen molar-refractivity contribution in [3.8, 4) is 0 Å². The van der Waals surface area contributed by atoms with E-state index in [0.29, 0.717) is 25.7 Å². The number of unbranched alkanes of at least 4 members (excludes halogenated alkanes) is 5. The number of halogens is 2. The van der Waals surface area contributed by atoms with Crippen molar-refractivity contribution in [3.63, 3.8) is 0 Å². The molecule has 0 amide bonds. The van der Waals surface area contributed by atoms with Gasteiger partial charge in [0.05, 0.1) is 12.0 Å². The van der Waals surface area contributed by atoms with E-state index in [-0.39, 0.29) is 25.2 Å². The fourth-order valence-electron chi connectivity index (χ4n) is 5.05. The molecular formula is C24H38F2O4. The first-order valence-electron chi connectivity index (χ1n) is 11.7. The van der Waals surface area contributed by atoms with Gasteiger partial charge in [-0.1, -0.05) is 64.5 Å². The Hall–Kier alpha value is -1.30. The zero-order chi connectivity index (χ0) is 22.2. The molecule has 0 spiro atoms. The predicted molar refractivity (Wildman–Crippen MR) is 112 cm³/mol. The summed E-state index contributed by atoms with van der Waals surface area (Å²) in [6, 6.07) is 0. The van der Waals surface area contributed by atoms with Crippen LogP contribution in [0, 0.1) is 17.3 Å². The van der Waals surface area contributed by atoms with E-state index in [9.17, 15) is 23.5 Å². The molecule has 172 valence electrons. The number of ketones is 1. The second-order valence-electron chi connectivity index (χ2n) is 8.92. The lowest BCUT2D eigenvalue weighted by atomic mass is 9.81. The first-order valence-corrected chi connectivity index (χ1v) is 11.7. The van der Waals surface area contributed by atoms with Gasteiger partial charge >= 0.3 is 5.97 Å². The number of hydrogen-bond acceptors (Lipinski definition) is 4. The molecule has 1 N–H and O–H groups in total. The molecule has 2 saturated carbocycles. The normalized spacial score (nSPS) is 28.0. The summed E-state index contributed by atoms with van der Waals surface area (Å²) in [4.78, 5) is 23.9. The highest BCUT2D eigenvalue weighted by atomic mass is 19.3. The third kappa shape index (κ3) is 5.49. The van der Waals surface area contributed by atoms with Crippen LogP contribution in [-0.4, -0.2) is 35.5 Å². The van der Waals surface area contributed by atoms with Gasteiger partial charge in [-0.3, -0.25) is 4.79 Å². The molecule has 1 unspecified atom stereocenters. The van der Waals surface area contributed by atoms with E-state index in [4.69, 9.17) is 4.74 Å². The van der Waals surface area contributed by atoms with Crippen molar-refractivity contribution in [2.24, 2.45) is 17.3 Å². The van der Waals surface area contributed by atoms with Gasteiger partial charge in [-0.15, -0.1) is 0 Å². The molecule has 0 aromatic rings. The molecule has 4 nitrogen and oxygen atoms in total. The zero-order valence-electron chi connectivity index (χ0n) is 18.5. The van der Waals surface area contributed by atoms with Gasteiger partial charge in [0.25, 0.3) is 5.92 Å². The number of aliphatic hydroxyl groups excluding tert-OH is 1. The highest BCUT2D eigenvalue weighted by molar-refractivity contribution is 5.87. The minimum Gasteiger partial charge on any atom is -0.464 e. The Kier molecular flexibility index (Phi) is 9.45. The van der Waals surface area contributed by atoms with Crippen LogP contribution >= 0.6 is 0 Å². The highest BCUT2D eigenvalue weighted by Crippen LogP contribution is 2.77. The van der Waals surface area contributed by atoms with Gasteiger partial charge < -0.3 is 9.84 Å².